The lowest BCUT2D eigenvalue weighted by Crippen LogP contribution is -2.45. The van der Waals surface area contributed by atoms with Crippen LogP contribution in [0.25, 0.3) is 0 Å². The van der Waals surface area contributed by atoms with Crippen LogP contribution in [0.4, 0.5) is 0 Å². The molecule has 0 aromatic rings. The smallest absolute Gasteiger partial charge is 0.240 e. The molecule has 1 saturated carbocycles. The summed E-state index contributed by atoms with van der Waals surface area (Å²) in [5.41, 5.74) is 5.17. The topological polar surface area (TPSA) is 64.4 Å². The summed E-state index contributed by atoms with van der Waals surface area (Å²) in [5.74, 6) is -0.0318. The van der Waals surface area contributed by atoms with E-state index in [9.17, 15) is 4.79 Å². The fourth-order valence-corrected chi connectivity index (χ4v) is 1.48. The maximum absolute atomic E-state index is 11.5. The van der Waals surface area contributed by atoms with Crippen LogP contribution in [-0.4, -0.2) is 24.1 Å². The Labute approximate surface area is 83.5 Å². The first-order valence-corrected chi connectivity index (χ1v) is 5.08. The molecular weight excluding hydrogens is 180 g/mol. The van der Waals surface area contributed by atoms with Crippen molar-refractivity contribution in [3.63, 3.8) is 0 Å². The van der Waals surface area contributed by atoms with Crippen LogP contribution >= 0.6 is 0 Å². The number of carbonyl (C=O) groups is 1. The van der Waals surface area contributed by atoms with E-state index in [-0.39, 0.29) is 12.0 Å². The Kier molecular flexibility index (Phi) is 2.46. The molecule has 0 aromatic heterocycles. The molecule has 0 radical (unpaired) electrons. The molecule has 0 saturated heterocycles. The number of nitrogens with one attached hydrogen (secondary N) is 1. The van der Waals surface area contributed by atoms with Crippen molar-refractivity contribution >= 4 is 5.91 Å². The highest BCUT2D eigenvalue weighted by atomic mass is 16.5. The monoisotopic (exact) mass is 196 g/mol. The molecule has 0 spiro atoms. The number of hydrogen-bond donors (Lipinski definition) is 2. The highest BCUT2D eigenvalue weighted by Gasteiger charge is 2.45. The maximum Gasteiger partial charge on any atom is 0.240 e. The first-order chi connectivity index (χ1) is 6.71. The first kappa shape index (κ1) is 9.52. The van der Waals surface area contributed by atoms with Gasteiger partial charge in [0.1, 0.15) is 6.10 Å². The van der Waals surface area contributed by atoms with Crippen LogP contribution in [0.2, 0.25) is 0 Å². The molecule has 14 heavy (non-hydrogen) atoms. The lowest BCUT2D eigenvalue weighted by molar-refractivity contribution is -0.123. The molecule has 3 N–H and O–H groups in total. The molecule has 2 aliphatic rings. The number of ether oxygens (including phenoxy) is 1. The Morgan fingerprint density at radius 2 is 2.43 bits per heavy atom. The molecule has 0 aromatic carbocycles. The van der Waals surface area contributed by atoms with E-state index < -0.39 is 5.54 Å². The molecule has 1 amide bonds. The van der Waals surface area contributed by atoms with Crippen LogP contribution in [0.5, 0.6) is 0 Å². The van der Waals surface area contributed by atoms with E-state index in [4.69, 9.17) is 10.5 Å². The van der Waals surface area contributed by atoms with Crippen molar-refractivity contribution in [3.05, 3.63) is 12.3 Å². The molecule has 2 rings (SSSR count). The molecule has 1 aliphatic heterocycles. The molecule has 1 heterocycles. The number of hydrogen-bond acceptors (Lipinski definition) is 3. The zero-order valence-electron chi connectivity index (χ0n) is 8.16. The van der Waals surface area contributed by atoms with Crippen molar-refractivity contribution in [2.24, 2.45) is 5.73 Å². The van der Waals surface area contributed by atoms with Gasteiger partial charge < -0.3 is 15.8 Å². The summed E-state index contributed by atoms with van der Waals surface area (Å²) < 4.78 is 5.33. The molecule has 78 valence electrons. The fraction of sp³-hybridized carbons (Fsp3) is 0.700. The fourth-order valence-electron chi connectivity index (χ4n) is 1.48. The average molecular weight is 196 g/mol. The van der Waals surface area contributed by atoms with Gasteiger partial charge in [-0.25, -0.2) is 0 Å². The Balaban J connectivity index is 1.71. The number of rotatable bonds is 3. The van der Waals surface area contributed by atoms with Crippen molar-refractivity contribution < 1.29 is 9.53 Å². The minimum Gasteiger partial charge on any atom is -0.497 e. The van der Waals surface area contributed by atoms with Gasteiger partial charge in [0.15, 0.2) is 0 Å². The van der Waals surface area contributed by atoms with Crippen LogP contribution in [0.15, 0.2) is 12.3 Å². The highest BCUT2D eigenvalue weighted by molar-refractivity contribution is 5.88. The summed E-state index contributed by atoms with van der Waals surface area (Å²) in [6, 6.07) is 0. The molecule has 1 atom stereocenters. The molecule has 0 bridgehead atoms. The van der Waals surface area contributed by atoms with Gasteiger partial charge in [0.2, 0.25) is 5.91 Å². The van der Waals surface area contributed by atoms with Crippen LogP contribution < -0.4 is 11.1 Å². The number of carbonyl (C=O) groups excluding carboxylic acids is 1. The molecule has 1 unspecified atom stereocenters. The normalized spacial score (nSPS) is 27.9. The standard InChI is InChI=1S/C10H16N2O2/c11-10(4-5-10)9(13)12-7-8-3-1-2-6-14-8/h2,6,8H,1,3-5,7,11H2,(H,12,13). The van der Waals surface area contributed by atoms with E-state index in [2.05, 4.69) is 5.32 Å². The van der Waals surface area contributed by atoms with Crippen molar-refractivity contribution in [3.8, 4) is 0 Å². The van der Waals surface area contributed by atoms with Gasteiger partial charge in [-0.3, -0.25) is 4.79 Å². The van der Waals surface area contributed by atoms with Crippen LogP contribution in [0, 0.1) is 0 Å². The second-order valence-corrected chi connectivity index (χ2v) is 4.07. The van der Waals surface area contributed by atoms with E-state index >= 15 is 0 Å². The number of nitrogens with two attached hydrogens (primary N) is 1. The van der Waals surface area contributed by atoms with Gasteiger partial charge in [-0.2, -0.15) is 0 Å². The van der Waals surface area contributed by atoms with E-state index in [1.807, 2.05) is 6.08 Å². The Morgan fingerprint density at radius 1 is 1.64 bits per heavy atom. The third-order valence-electron chi connectivity index (χ3n) is 2.75. The molecule has 1 aliphatic carbocycles. The number of allylic oxidation sites excluding steroid dienone is 1. The van der Waals surface area contributed by atoms with Gasteiger partial charge in [0.25, 0.3) is 0 Å². The minimum atomic E-state index is -0.565. The van der Waals surface area contributed by atoms with Crippen molar-refractivity contribution in [2.45, 2.75) is 37.3 Å². The highest BCUT2D eigenvalue weighted by Crippen LogP contribution is 2.32. The zero-order chi connectivity index (χ0) is 10.0. The predicted octanol–water partition coefficient (Wildman–Crippen LogP) is 0.287. The zero-order valence-corrected chi connectivity index (χ0v) is 8.16. The summed E-state index contributed by atoms with van der Waals surface area (Å²) in [6.07, 6.45) is 7.42. The van der Waals surface area contributed by atoms with E-state index in [1.165, 1.54) is 0 Å². The third kappa shape index (κ3) is 2.07. The average Bonchev–Trinajstić information content (AvgIpc) is 2.96. The lowest BCUT2D eigenvalue weighted by atomic mass is 10.1. The summed E-state index contributed by atoms with van der Waals surface area (Å²) in [7, 11) is 0. The van der Waals surface area contributed by atoms with Crippen LogP contribution in [-0.2, 0) is 9.53 Å². The van der Waals surface area contributed by atoms with E-state index in [0.29, 0.717) is 6.54 Å². The molecule has 1 fully saturated rings. The second kappa shape index (κ2) is 3.61. The Hall–Kier alpha value is -1.03. The summed E-state index contributed by atoms with van der Waals surface area (Å²) in [4.78, 5) is 11.5. The lowest BCUT2D eigenvalue weighted by Gasteiger charge is -2.20. The second-order valence-electron chi connectivity index (χ2n) is 4.07. The third-order valence-corrected chi connectivity index (χ3v) is 2.75. The van der Waals surface area contributed by atoms with Gasteiger partial charge in [-0.1, -0.05) is 0 Å². The van der Waals surface area contributed by atoms with Gasteiger partial charge in [-0.05, 0) is 31.8 Å². The van der Waals surface area contributed by atoms with Gasteiger partial charge in [0, 0.05) is 0 Å². The van der Waals surface area contributed by atoms with Crippen LogP contribution in [0.3, 0.4) is 0 Å². The van der Waals surface area contributed by atoms with E-state index in [1.54, 1.807) is 6.26 Å². The first-order valence-electron chi connectivity index (χ1n) is 5.08. The predicted molar refractivity (Wildman–Crippen MR) is 52.4 cm³/mol. The summed E-state index contributed by atoms with van der Waals surface area (Å²) in [5, 5.41) is 2.83. The molecule has 4 nitrogen and oxygen atoms in total. The molecule has 4 heteroatoms. The largest absolute Gasteiger partial charge is 0.497 e. The summed E-state index contributed by atoms with van der Waals surface area (Å²) >= 11 is 0. The van der Waals surface area contributed by atoms with Crippen molar-refractivity contribution in [1.82, 2.24) is 5.32 Å². The maximum atomic E-state index is 11.5. The van der Waals surface area contributed by atoms with Gasteiger partial charge in [0.05, 0.1) is 18.3 Å². The van der Waals surface area contributed by atoms with Crippen molar-refractivity contribution in [2.75, 3.05) is 6.54 Å². The number of amides is 1. The van der Waals surface area contributed by atoms with Gasteiger partial charge >= 0.3 is 0 Å². The van der Waals surface area contributed by atoms with Crippen molar-refractivity contribution in [1.29, 1.82) is 0 Å². The Morgan fingerprint density at radius 3 is 3.00 bits per heavy atom. The molecular formula is C10H16N2O2. The summed E-state index contributed by atoms with van der Waals surface area (Å²) in [6.45, 7) is 0.572. The van der Waals surface area contributed by atoms with Gasteiger partial charge in [-0.15, -0.1) is 0 Å². The SMILES string of the molecule is NC1(C(=O)NCC2CCC=CO2)CC1. The minimum absolute atomic E-state index is 0.0318. The van der Waals surface area contributed by atoms with Crippen LogP contribution in [0.1, 0.15) is 25.7 Å². The van der Waals surface area contributed by atoms with E-state index in [0.717, 1.165) is 25.7 Å². The quantitative estimate of drug-likeness (QED) is 0.681. The Bertz CT molecular complexity index is 259.